The van der Waals surface area contributed by atoms with Crippen LogP contribution in [0, 0.1) is 22.7 Å². The summed E-state index contributed by atoms with van der Waals surface area (Å²) in [6.45, 7) is 13.0. The van der Waals surface area contributed by atoms with Gasteiger partial charge >= 0.3 is 0 Å². The van der Waals surface area contributed by atoms with Crippen molar-refractivity contribution in [1.29, 1.82) is 10.5 Å². The summed E-state index contributed by atoms with van der Waals surface area (Å²) < 4.78 is 0. The minimum atomic E-state index is -0.617. The van der Waals surface area contributed by atoms with E-state index in [1.165, 1.54) is 99.2 Å². The number of aliphatic hydroxyl groups excluding tert-OH is 1. The molecule has 0 aliphatic heterocycles. The molecular weight excluding hydrogens is 781 g/mol. The normalized spacial score (nSPS) is 13.7. The molecule has 0 fully saturated rings. The number of hydrogen-bond donors (Lipinski definition) is 1. The molecule has 5 heteroatoms. The summed E-state index contributed by atoms with van der Waals surface area (Å²) in [7, 11) is 0. The molecule has 64 heavy (non-hydrogen) atoms. The zero-order valence-electron chi connectivity index (χ0n) is 39.2. The predicted octanol–water partition coefficient (Wildman–Crippen LogP) is 16.6. The molecule has 0 saturated carbocycles. The van der Waals surface area contributed by atoms with Crippen molar-refractivity contribution >= 4 is 60.0 Å². The number of hydrogen-bond acceptors (Lipinski definition) is 5. The van der Waals surface area contributed by atoms with Gasteiger partial charge in [-0.05, 0) is 106 Å². The van der Waals surface area contributed by atoms with E-state index in [0.29, 0.717) is 11.1 Å². The van der Waals surface area contributed by atoms with Gasteiger partial charge in [-0.25, -0.2) is 0 Å². The van der Waals surface area contributed by atoms with Crippen molar-refractivity contribution in [1.82, 2.24) is 0 Å². The number of benzene rings is 6. The lowest BCUT2D eigenvalue weighted by atomic mass is 9.68. The Morgan fingerprint density at radius 2 is 0.875 bits per heavy atom. The molecule has 0 heterocycles. The molecular formula is C59H70N4O. The van der Waals surface area contributed by atoms with E-state index in [-0.39, 0.29) is 11.3 Å². The van der Waals surface area contributed by atoms with Crippen LogP contribution < -0.4 is 9.80 Å². The number of unbranched alkanes of at least 4 members (excludes halogenated alkanes) is 12. The van der Waals surface area contributed by atoms with Crippen LogP contribution in [-0.4, -0.2) is 31.3 Å². The molecule has 6 aromatic carbocycles. The van der Waals surface area contributed by atoms with Gasteiger partial charge in [-0.3, -0.25) is 0 Å². The molecule has 0 spiro atoms. The van der Waals surface area contributed by atoms with Crippen molar-refractivity contribution < 1.29 is 5.11 Å². The zero-order chi connectivity index (χ0) is 44.8. The highest BCUT2D eigenvalue weighted by Crippen LogP contribution is 2.56. The Balaban J connectivity index is 1.40. The highest BCUT2D eigenvalue weighted by atomic mass is 16.3. The minimum absolute atomic E-state index is 0.0516. The van der Waals surface area contributed by atoms with Crippen molar-refractivity contribution in [2.24, 2.45) is 0 Å². The summed E-state index contributed by atoms with van der Waals surface area (Å²) >= 11 is 0. The second kappa shape index (κ2) is 22.7. The van der Waals surface area contributed by atoms with Crippen molar-refractivity contribution in [2.75, 3.05) is 36.0 Å². The Kier molecular flexibility index (Phi) is 16.4. The van der Waals surface area contributed by atoms with Crippen molar-refractivity contribution in [3.05, 3.63) is 125 Å². The zero-order valence-corrected chi connectivity index (χ0v) is 39.2. The van der Waals surface area contributed by atoms with E-state index in [2.05, 4.69) is 147 Å². The molecule has 5 nitrogen and oxygen atoms in total. The van der Waals surface area contributed by atoms with Crippen LogP contribution in [0.1, 0.15) is 147 Å². The van der Waals surface area contributed by atoms with Crippen LogP contribution in [-0.2, 0) is 0 Å². The molecule has 1 unspecified atom stereocenters. The largest absolute Gasteiger partial charge is 0.511 e. The second-order valence-corrected chi connectivity index (χ2v) is 18.2. The lowest BCUT2D eigenvalue weighted by Gasteiger charge is -2.36. The number of anilines is 2. The summed E-state index contributed by atoms with van der Waals surface area (Å²) in [6, 6.07) is 39.5. The average molecular weight is 851 g/mol. The number of allylic oxidation sites excluding steroid dienone is 3. The Bertz CT molecular complexity index is 2650. The van der Waals surface area contributed by atoms with E-state index in [4.69, 9.17) is 0 Å². The Morgan fingerprint density at radius 1 is 0.484 bits per heavy atom. The van der Waals surface area contributed by atoms with Crippen LogP contribution in [0.5, 0.6) is 0 Å². The molecule has 332 valence electrons. The smallest absolute Gasteiger partial charge is 0.134 e. The Hall–Kier alpha value is -5.78. The quantitative estimate of drug-likeness (QED) is 0.0373. The summed E-state index contributed by atoms with van der Waals surface area (Å²) in [5.74, 6) is -0.400. The SMILES string of the molecule is CCCCCCN(CCCCCC)c1ccc(C2=C(O)C(c3ccc(N(CCCCCC)CCCCCC)c4cc5ccccc5cc34)C2=C(C#N)C#N)c2cc3ccccc3cc12. The Labute approximate surface area is 383 Å². The average Bonchev–Trinajstić information content (AvgIpc) is 3.32. The van der Waals surface area contributed by atoms with Gasteiger partial charge in [0.1, 0.15) is 23.5 Å². The maximum atomic E-state index is 12.7. The number of fused-ring (bicyclic) bond motifs is 4. The third-order valence-electron chi connectivity index (χ3n) is 13.7. The van der Waals surface area contributed by atoms with Crippen LogP contribution in [0.2, 0.25) is 0 Å². The van der Waals surface area contributed by atoms with Crippen LogP contribution >= 0.6 is 0 Å². The van der Waals surface area contributed by atoms with Gasteiger partial charge in [0.25, 0.3) is 0 Å². The summed E-state index contributed by atoms with van der Waals surface area (Å²) in [6.07, 6.45) is 19.2. The fourth-order valence-corrected chi connectivity index (χ4v) is 10.2. The molecule has 1 N–H and O–H groups in total. The number of nitrogens with zero attached hydrogens (tertiary/aromatic N) is 4. The molecule has 7 rings (SSSR count). The predicted molar refractivity (Wildman–Crippen MR) is 274 cm³/mol. The van der Waals surface area contributed by atoms with Gasteiger partial charge < -0.3 is 14.9 Å². The molecule has 0 amide bonds. The topological polar surface area (TPSA) is 74.3 Å². The van der Waals surface area contributed by atoms with E-state index in [1.54, 1.807) is 0 Å². The number of aliphatic hydroxyl groups is 1. The van der Waals surface area contributed by atoms with E-state index in [1.807, 2.05) is 0 Å². The van der Waals surface area contributed by atoms with Gasteiger partial charge in [-0.2, -0.15) is 10.5 Å². The van der Waals surface area contributed by atoms with Crippen molar-refractivity contribution in [3.63, 3.8) is 0 Å². The molecule has 0 bridgehead atoms. The standard InChI is InChI=1S/C59H70N4O/c1-5-9-13-21-33-62(34-22-14-10-6-2)54-31-29-48(50-37-43-25-17-19-27-45(43)39-52(50)54)57-56(47(41-60)42-61)58(59(57)64)49-30-32-55(53-40-46-28-20-18-26-44(46)38-51(49)53)63(35-23-15-11-7-3)36-24-16-12-8-4/h17-20,25-32,37-40,57,64H,5-16,21-24,33-36H2,1-4H3. The summed E-state index contributed by atoms with van der Waals surface area (Å²) in [4.78, 5) is 5.18. The summed E-state index contributed by atoms with van der Waals surface area (Å²) in [5, 5.41) is 42.9. The molecule has 1 atom stereocenters. The first-order valence-electron chi connectivity index (χ1n) is 24.9. The molecule has 0 aromatic heterocycles. The third-order valence-corrected chi connectivity index (χ3v) is 13.7. The molecule has 6 aromatic rings. The monoisotopic (exact) mass is 851 g/mol. The molecule has 0 saturated heterocycles. The van der Waals surface area contributed by atoms with Crippen LogP contribution in [0.3, 0.4) is 0 Å². The first kappa shape index (κ1) is 46.2. The van der Waals surface area contributed by atoms with E-state index >= 15 is 0 Å². The number of nitriles is 2. The number of rotatable bonds is 24. The lowest BCUT2D eigenvalue weighted by Crippen LogP contribution is -2.27. The maximum absolute atomic E-state index is 12.7. The van der Waals surface area contributed by atoms with Gasteiger partial charge in [0.15, 0.2) is 0 Å². The fraction of sp³-hybridized carbons (Fsp3) is 0.424. The maximum Gasteiger partial charge on any atom is 0.134 e. The van der Waals surface area contributed by atoms with Gasteiger partial charge in [-0.15, -0.1) is 0 Å². The highest BCUT2D eigenvalue weighted by Gasteiger charge is 2.42. The van der Waals surface area contributed by atoms with Crippen LogP contribution in [0.15, 0.2) is 114 Å². The minimum Gasteiger partial charge on any atom is -0.511 e. The first-order valence-corrected chi connectivity index (χ1v) is 24.9. The first-order chi connectivity index (χ1) is 31.5. The van der Waals surface area contributed by atoms with Gasteiger partial charge in [0.2, 0.25) is 0 Å². The lowest BCUT2D eigenvalue weighted by molar-refractivity contribution is 0.370. The molecule has 1 aliphatic rings. The fourth-order valence-electron chi connectivity index (χ4n) is 10.2. The van der Waals surface area contributed by atoms with E-state index in [9.17, 15) is 15.6 Å². The van der Waals surface area contributed by atoms with Gasteiger partial charge in [0.05, 0.1) is 5.92 Å². The van der Waals surface area contributed by atoms with Crippen LogP contribution in [0.25, 0.3) is 48.7 Å². The molecule has 0 radical (unpaired) electrons. The molecule has 1 aliphatic carbocycles. The van der Waals surface area contributed by atoms with Gasteiger partial charge in [-0.1, -0.05) is 165 Å². The van der Waals surface area contributed by atoms with Crippen LogP contribution in [0.4, 0.5) is 11.4 Å². The van der Waals surface area contributed by atoms with Gasteiger partial charge in [0, 0.05) is 59.5 Å². The Morgan fingerprint density at radius 3 is 1.30 bits per heavy atom. The van der Waals surface area contributed by atoms with Crippen molar-refractivity contribution in [3.8, 4) is 12.1 Å². The van der Waals surface area contributed by atoms with E-state index < -0.39 is 5.92 Å². The second-order valence-electron chi connectivity index (χ2n) is 18.2. The summed E-state index contributed by atoms with van der Waals surface area (Å²) in [5.41, 5.74) is 5.49. The van der Waals surface area contributed by atoms with Crippen molar-refractivity contribution in [2.45, 2.75) is 136 Å². The van der Waals surface area contributed by atoms with E-state index in [0.717, 1.165) is 95.3 Å². The highest BCUT2D eigenvalue weighted by molar-refractivity contribution is 6.13. The third kappa shape index (κ3) is 10.1.